The number of hydrogen-bond donors (Lipinski definition) is 1. The van der Waals surface area contributed by atoms with Gasteiger partial charge in [-0.1, -0.05) is 31.4 Å². The fraction of sp³-hybridized carbons (Fsp3) is 0.500. The molecule has 1 fully saturated rings. The lowest BCUT2D eigenvalue weighted by molar-refractivity contribution is -0.118. The summed E-state index contributed by atoms with van der Waals surface area (Å²) >= 11 is 6.23. The predicted molar refractivity (Wildman–Crippen MR) is 102 cm³/mol. The maximum absolute atomic E-state index is 12.5. The summed E-state index contributed by atoms with van der Waals surface area (Å²) in [5, 5.41) is 12.8. The van der Waals surface area contributed by atoms with E-state index in [1.807, 2.05) is 13.0 Å². The number of nitriles is 1. The number of carbonyl (C=O) groups is 1. The van der Waals surface area contributed by atoms with Crippen molar-refractivity contribution in [2.45, 2.75) is 45.6 Å². The zero-order valence-corrected chi connectivity index (χ0v) is 16.2. The van der Waals surface area contributed by atoms with Crippen LogP contribution in [0, 0.1) is 17.2 Å². The van der Waals surface area contributed by atoms with Crippen LogP contribution in [0.3, 0.4) is 0 Å². The van der Waals surface area contributed by atoms with Gasteiger partial charge in [-0.05, 0) is 49.5 Å². The van der Waals surface area contributed by atoms with Gasteiger partial charge < -0.3 is 14.8 Å². The summed E-state index contributed by atoms with van der Waals surface area (Å²) in [6.07, 6.45) is 5.87. The van der Waals surface area contributed by atoms with Crippen molar-refractivity contribution in [3.63, 3.8) is 0 Å². The van der Waals surface area contributed by atoms with Crippen LogP contribution in [-0.4, -0.2) is 25.7 Å². The Kier molecular flexibility index (Phi) is 7.35. The third kappa shape index (κ3) is 4.92. The van der Waals surface area contributed by atoms with Gasteiger partial charge in [-0.2, -0.15) is 5.26 Å². The second-order valence-corrected chi connectivity index (χ2v) is 6.89. The number of carbonyl (C=O) groups excluding carboxylic acids is 1. The van der Waals surface area contributed by atoms with Crippen LogP contribution >= 0.6 is 11.6 Å². The van der Waals surface area contributed by atoms with Gasteiger partial charge in [0, 0.05) is 6.04 Å². The molecule has 1 aliphatic carbocycles. The fourth-order valence-electron chi connectivity index (χ4n) is 3.22. The maximum atomic E-state index is 12.5. The second-order valence-electron chi connectivity index (χ2n) is 6.48. The van der Waals surface area contributed by atoms with Crippen LogP contribution in [0.5, 0.6) is 11.5 Å². The number of nitrogens with one attached hydrogen (secondary N) is 1. The highest BCUT2D eigenvalue weighted by Crippen LogP contribution is 2.37. The predicted octanol–water partition coefficient (Wildman–Crippen LogP) is 4.35. The molecule has 26 heavy (non-hydrogen) atoms. The van der Waals surface area contributed by atoms with Crippen molar-refractivity contribution in [2.75, 3.05) is 13.7 Å². The van der Waals surface area contributed by atoms with Crippen molar-refractivity contribution >= 4 is 23.6 Å². The van der Waals surface area contributed by atoms with Gasteiger partial charge in [0.25, 0.3) is 5.91 Å². The van der Waals surface area contributed by atoms with E-state index >= 15 is 0 Å². The monoisotopic (exact) mass is 376 g/mol. The molecule has 0 unspecified atom stereocenters. The number of hydrogen-bond acceptors (Lipinski definition) is 4. The van der Waals surface area contributed by atoms with E-state index in [-0.39, 0.29) is 17.5 Å². The number of ether oxygens (including phenoxy) is 2. The molecule has 5 nitrogen and oxygen atoms in total. The van der Waals surface area contributed by atoms with Gasteiger partial charge in [-0.15, -0.1) is 0 Å². The van der Waals surface area contributed by atoms with E-state index in [4.69, 9.17) is 21.1 Å². The average Bonchev–Trinajstić information content (AvgIpc) is 2.61. The van der Waals surface area contributed by atoms with Crippen molar-refractivity contribution in [1.82, 2.24) is 5.32 Å². The molecule has 1 aliphatic rings. The van der Waals surface area contributed by atoms with Gasteiger partial charge >= 0.3 is 0 Å². The number of nitrogens with zero attached hydrogens (tertiary/aromatic N) is 1. The molecule has 0 aromatic heterocycles. The lowest BCUT2D eigenvalue weighted by atomic mass is 9.86. The summed E-state index contributed by atoms with van der Waals surface area (Å²) in [5.41, 5.74) is 0.661. The molecule has 0 heterocycles. The van der Waals surface area contributed by atoms with Crippen LogP contribution in [0.4, 0.5) is 0 Å². The van der Waals surface area contributed by atoms with Gasteiger partial charge in [0.2, 0.25) is 0 Å². The minimum absolute atomic E-state index is 0.0476. The molecule has 0 bridgehead atoms. The molecule has 1 aromatic rings. The lowest BCUT2D eigenvalue weighted by Crippen LogP contribution is -2.41. The van der Waals surface area contributed by atoms with E-state index in [1.165, 1.54) is 19.6 Å². The fourth-order valence-corrected chi connectivity index (χ4v) is 3.52. The average molecular weight is 377 g/mol. The lowest BCUT2D eigenvalue weighted by Gasteiger charge is -2.29. The molecule has 1 aromatic carbocycles. The van der Waals surface area contributed by atoms with E-state index in [0.29, 0.717) is 34.6 Å². The van der Waals surface area contributed by atoms with E-state index in [1.54, 1.807) is 12.1 Å². The minimum atomic E-state index is -0.351. The molecule has 6 heteroatoms. The van der Waals surface area contributed by atoms with E-state index < -0.39 is 0 Å². The van der Waals surface area contributed by atoms with Gasteiger partial charge in [-0.3, -0.25) is 4.79 Å². The highest BCUT2D eigenvalue weighted by atomic mass is 35.5. The summed E-state index contributed by atoms with van der Waals surface area (Å²) in [7, 11) is 1.51. The first-order chi connectivity index (χ1) is 12.5. The van der Waals surface area contributed by atoms with E-state index in [9.17, 15) is 10.1 Å². The Hall–Kier alpha value is -2.19. The Labute approximate surface area is 159 Å². The van der Waals surface area contributed by atoms with Gasteiger partial charge in [-0.25, -0.2) is 0 Å². The maximum Gasteiger partial charge on any atom is 0.262 e. The van der Waals surface area contributed by atoms with Crippen LogP contribution in [0.15, 0.2) is 17.7 Å². The van der Waals surface area contributed by atoms with Crippen LogP contribution < -0.4 is 14.8 Å². The SMILES string of the molecule is CCOc1cc(/C=C(\C#N)C(=O)N[C@@H]2CCCC[C@@H]2C)cc(Cl)c1OC. The zero-order chi connectivity index (χ0) is 19.1. The van der Waals surface area contributed by atoms with Crippen LogP contribution in [0.1, 0.15) is 45.1 Å². The number of rotatable bonds is 6. The topological polar surface area (TPSA) is 71.3 Å². The molecule has 0 spiro atoms. The number of methoxy groups -OCH3 is 1. The summed E-state index contributed by atoms with van der Waals surface area (Å²) in [5.74, 6) is 0.987. The smallest absolute Gasteiger partial charge is 0.262 e. The first kappa shape index (κ1) is 20.1. The van der Waals surface area contributed by atoms with Crippen molar-refractivity contribution in [3.8, 4) is 17.6 Å². The van der Waals surface area contributed by atoms with Gasteiger partial charge in [0.05, 0.1) is 18.7 Å². The van der Waals surface area contributed by atoms with Gasteiger partial charge in [0.1, 0.15) is 11.6 Å². The van der Waals surface area contributed by atoms with Crippen molar-refractivity contribution in [1.29, 1.82) is 5.26 Å². The van der Waals surface area contributed by atoms with E-state index in [0.717, 1.165) is 19.3 Å². The first-order valence-corrected chi connectivity index (χ1v) is 9.30. The van der Waals surface area contributed by atoms with E-state index in [2.05, 4.69) is 12.2 Å². The molecule has 1 saturated carbocycles. The summed E-state index contributed by atoms with van der Waals surface area (Å²) in [6.45, 7) is 4.44. The van der Waals surface area contributed by atoms with Crippen molar-refractivity contribution in [2.24, 2.45) is 5.92 Å². The minimum Gasteiger partial charge on any atom is -0.491 e. The molecule has 0 radical (unpaired) electrons. The Morgan fingerprint density at radius 3 is 2.77 bits per heavy atom. The second kappa shape index (κ2) is 9.49. The number of amides is 1. The molecular formula is C20H25ClN2O3. The standard InChI is InChI=1S/C20H25ClN2O3/c1-4-26-18-11-14(10-16(21)19(18)25-3)9-15(12-22)20(24)23-17-8-6-5-7-13(17)2/h9-11,13,17H,4-8H2,1-3H3,(H,23,24)/b15-9+/t13-,17+/m0/s1. The van der Waals surface area contributed by atoms with Crippen molar-refractivity contribution in [3.05, 3.63) is 28.3 Å². The molecule has 2 rings (SSSR count). The largest absolute Gasteiger partial charge is 0.491 e. The normalized spacial score (nSPS) is 20.2. The summed E-state index contributed by atoms with van der Waals surface area (Å²) < 4.78 is 10.8. The molecule has 1 amide bonds. The van der Waals surface area contributed by atoms with Gasteiger partial charge in [0.15, 0.2) is 11.5 Å². The quantitative estimate of drug-likeness (QED) is 0.591. The molecule has 140 valence electrons. The molecule has 1 N–H and O–H groups in total. The Bertz CT molecular complexity index is 725. The molecule has 0 aliphatic heterocycles. The third-order valence-corrected chi connectivity index (χ3v) is 4.92. The Balaban J connectivity index is 2.24. The Morgan fingerprint density at radius 1 is 1.42 bits per heavy atom. The molecular weight excluding hydrogens is 352 g/mol. The molecule has 2 atom stereocenters. The zero-order valence-electron chi connectivity index (χ0n) is 15.5. The summed E-state index contributed by atoms with van der Waals surface area (Å²) in [4.78, 5) is 12.5. The van der Waals surface area contributed by atoms with Crippen LogP contribution in [0.25, 0.3) is 6.08 Å². The van der Waals surface area contributed by atoms with Crippen molar-refractivity contribution < 1.29 is 14.3 Å². The number of benzene rings is 1. The Morgan fingerprint density at radius 2 is 2.15 bits per heavy atom. The first-order valence-electron chi connectivity index (χ1n) is 8.93. The number of halogens is 1. The molecule has 0 saturated heterocycles. The highest BCUT2D eigenvalue weighted by molar-refractivity contribution is 6.32. The van der Waals surface area contributed by atoms with Crippen LogP contribution in [0.2, 0.25) is 5.02 Å². The summed E-state index contributed by atoms with van der Waals surface area (Å²) in [6, 6.07) is 5.47. The highest BCUT2D eigenvalue weighted by Gasteiger charge is 2.24. The third-order valence-electron chi connectivity index (χ3n) is 4.64. The van der Waals surface area contributed by atoms with Crippen LogP contribution in [-0.2, 0) is 4.79 Å².